The maximum Gasteiger partial charge on any atom is 0.311 e. The Morgan fingerprint density at radius 2 is 2.20 bits per heavy atom. The van der Waals surface area contributed by atoms with Crippen LogP contribution in [0.2, 0.25) is 0 Å². The molecule has 8 nitrogen and oxygen atoms in total. The lowest BCUT2D eigenvalue weighted by Gasteiger charge is -2.36. The number of aliphatic carboxylic acids is 1. The number of methoxy groups -OCH3 is 1. The predicted octanol–water partition coefficient (Wildman–Crippen LogP) is 2.70. The number of nitro groups is 1. The van der Waals surface area contributed by atoms with Gasteiger partial charge in [-0.2, -0.15) is 0 Å². The average Bonchev–Trinajstić information content (AvgIpc) is 2.59. The van der Waals surface area contributed by atoms with E-state index >= 15 is 0 Å². The lowest BCUT2D eigenvalue weighted by Crippen LogP contribution is -2.42. The summed E-state index contributed by atoms with van der Waals surface area (Å²) in [5.74, 6) is -0.699. The van der Waals surface area contributed by atoms with Crippen molar-refractivity contribution in [3.63, 3.8) is 0 Å². The fourth-order valence-electron chi connectivity index (χ4n) is 3.45. The molecule has 8 heteroatoms. The molecule has 1 aliphatic heterocycles. The van der Waals surface area contributed by atoms with Crippen LogP contribution in [0.5, 0.6) is 5.75 Å². The quantitative estimate of drug-likeness (QED) is 0.670. The van der Waals surface area contributed by atoms with Gasteiger partial charge in [0.25, 0.3) is 0 Å². The molecule has 1 fully saturated rings. The molecular weight excluding hydrogens is 326 g/mol. The fraction of sp³-hybridized carbons (Fsp3) is 0.412. The zero-order valence-electron chi connectivity index (χ0n) is 14.0. The molecule has 2 unspecified atom stereocenters. The van der Waals surface area contributed by atoms with Crippen LogP contribution in [0.3, 0.4) is 0 Å². The Bertz CT molecular complexity index is 838. The van der Waals surface area contributed by atoms with Crippen LogP contribution < -0.4 is 9.64 Å². The van der Waals surface area contributed by atoms with Crippen LogP contribution in [0.15, 0.2) is 24.4 Å². The summed E-state index contributed by atoms with van der Waals surface area (Å²) in [6.07, 6.45) is 1.79. The van der Waals surface area contributed by atoms with E-state index in [2.05, 4.69) is 4.98 Å². The summed E-state index contributed by atoms with van der Waals surface area (Å²) >= 11 is 0. The van der Waals surface area contributed by atoms with Crippen molar-refractivity contribution in [2.45, 2.75) is 13.3 Å². The molecule has 0 saturated carbocycles. The van der Waals surface area contributed by atoms with E-state index in [1.165, 1.54) is 13.3 Å². The maximum atomic E-state index is 11.5. The van der Waals surface area contributed by atoms with Crippen LogP contribution in [-0.2, 0) is 4.79 Å². The number of carboxylic acid groups (broad SMARTS) is 1. The highest BCUT2D eigenvalue weighted by Crippen LogP contribution is 2.39. The summed E-state index contributed by atoms with van der Waals surface area (Å²) in [6, 6.07) is 5.17. The van der Waals surface area contributed by atoms with Gasteiger partial charge in [-0.15, -0.1) is 0 Å². The van der Waals surface area contributed by atoms with Crippen LogP contribution in [0, 0.1) is 22.0 Å². The number of ether oxygens (including phenoxy) is 1. The molecule has 25 heavy (non-hydrogen) atoms. The Morgan fingerprint density at radius 3 is 2.84 bits per heavy atom. The summed E-state index contributed by atoms with van der Waals surface area (Å²) in [5, 5.41) is 21.5. The molecule has 2 heterocycles. The monoisotopic (exact) mass is 345 g/mol. The summed E-state index contributed by atoms with van der Waals surface area (Å²) in [6.45, 7) is 2.77. The number of fused-ring (bicyclic) bond motifs is 1. The largest absolute Gasteiger partial charge is 0.497 e. The van der Waals surface area contributed by atoms with Gasteiger partial charge >= 0.3 is 11.7 Å². The minimum atomic E-state index is -0.876. The summed E-state index contributed by atoms with van der Waals surface area (Å²) < 4.78 is 5.19. The lowest BCUT2D eigenvalue weighted by molar-refractivity contribution is -0.384. The van der Waals surface area contributed by atoms with Gasteiger partial charge < -0.3 is 14.7 Å². The van der Waals surface area contributed by atoms with Gasteiger partial charge in [-0.25, -0.2) is 4.98 Å². The highest BCUT2D eigenvalue weighted by atomic mass is 16.6. The number of hydrogen-bond donors (Lipinski definition) is 1. The van der Waals surface area contributed by atoms with E-state index in [9.17, 15) is 20.0 Å². The van der Waals surface area contributed by atoms with Crippen LogP contribution in [0.4, 0.5) is 11.4 Å². The molecule has 3 rings (SSSR count). The minimum absolute atomic E-state index is 0.115. The minimum Gasteiger partial charge on any atom is -0.497 e. The number of carbonyl (C=O) groups is 1. The molecule has 2 atom stereocenters. The molecule has 1 saturated heterocycles. The molecule has 1 aliphatic rings. The summed E-state index contributed by atoms with van der Waals surface area (Å²) in [4.78, 5) is 28.5. The Morgan fingerprint density at radius 1 is 1.44 bits per heavy atom. The smallest absolute Gasteiger partial charge is 0.311 e. The van der Waals surface area contributed by atoms with Gasteiger partial charge in [0.1, 0.15) is 17.6 Å². The molecular formula is C17H19N3O5. The maximum absolute atomic E-state index is 11.5. The Balaban J connectivity index is 2.16. The van der Waals surface area contributed by atoms with Crippen molar-refractivity contribution in [3.05, 3.63) is 34.5 Å². The molecule has 1 aromatic heterocycles. The van der Waals surface area contributed by atoms with Gasteiger partial charge in [0, 0.05) is 24.5 Å². The van der Waals surface area contributed by atoms with Crippen molar-refractivity contribution < 1.29 is 19.6 Å². The van der Waals surface area contributed by atoms with Gasteiger partial charge in [-0.05, 0) is 24.5 Å². The zero-order valence-corrected chi connectivity index (χ0v) is 14.0. The topological polar surface area (TPSA) is 106 Å². The number of aromatic nitrogens is 1. The van der Waals surface area contributed by atoms with Gasteiger partial charge in [0.2, 0.25) is 0 Å². The summed E-state index contributed by atoms with van der Waals surface area (Å²) in [7, 11) is 1.54. The van der Waals surface area contributed by atoms with Crippen molar-refractivity contribution in [2.24, 2.45) is 11.8 Å². The van der Waals surface area contributed by atoms with Gasteiger partial charge in [-0.1, -0.05) is 6.92 Å². The second-order valence-corrected chi connectivity index (χ2v) is 6.41. The second kappa shape index (κ2) is 6.54. The van der Waals surface area contributed by atoms with Crippen LogP contribution in [0.25, 0.3) is 10.9 Å². The van der Waals surface area contributed by atoms with Crippen molar-refractivity contribution in [3.8, 4) is 5.75 Å². The third kappa shape index (κ3) is 3.19. The lowest BCUT2D eigenvalue weighted by atomic mass is 9.90. The molecule has 132 valence electrons. The molecule has 2 aromatic rings. The van der Waals surface area contributed by atoms with Crippen molar-refractivity contribution in [1.82, 2.24) is 4.98 Å². The van der Waals surface area contributed by atoms with Crippen molar-refractivity contribution in [2.75, 3.05) is 25.1 Å². The van der Waals surface area contributed by atoms with E-state index in [1.807, 2.05) is 11.8 Å². The van der Waals surface area contributed by atoms with E-state index in [0.717, 1.165) is 0 Å². The number of benzene rings is 1. The normalized spacial score (nSPS) is 20.5. The standard InChI is InChI=1S/C17H19N3O5/c1-10-5-11(17(21)22)9-19(8-10)16-13-4-3-12(25-2)6-14(13)18-7-15(16)20(23)24/h3-4,6-7,10-11H,5,8-9H2,1-2H3,(H,21,22). The third-order valence-electron chi connectivity index (χ3n) is 4.55. The number of nitrogens with zero attached hydrogens (tertiary/aromatic N) is 3. The van der Waals surface area contributed by atoms with E-state index in [0.29, 0.717) is 35.3 Å². The van der Waals surface area contributed by atoms with Gasteiger partial charge in [-0.3, -0.25) is 14.9 Å². The first kappa shape index (κ1) is 16.9. The molecule has 1 N–H and O–H groups in total. The highest BCUT2D eigenvalue weighted by molar-refractivity contribution is 5.97. The number of anilines is 1. The van der Waals surface area contributed by atoms with E-state index in [-0.39, 0.29) is 18.2 Å². The molecule has 0 aliphatic carbocycles. The third-order valence-corrected chi connectivity index (χ3v) is 4.55. The summed E-state index contributed by atoms with van der Waals surface area (Å²) in [5.41, 5.74) is 0.886. The highest BCUT2D eigenvalue weighted by Gasteiger charge is 2.33. The first-order chi connectivity index (χ1) is 11.9. The Kier molecular flexibility index (Phi) is 4.43. The SMILES string of the molecule is COc1ccc2c(N3CC(C)CC(C(=O)O)C3)c([N+](=O)[O-])cnc2c1. The van der Waals surface area contributed by atoms with E-state index in [1.54, 1.807) is 18.2 Å². The number of carboxylic acids is 1. The number of rotatable bonds is 4. The number of pyridine rings is 1. The number of hydrogen-bond acceptors (Lipinski definition) is 6. The molecule has 0 radical (unpaired) electrons. The van der Waals surface area contributed by atoms with E-state index in [4.69, 9.17) is 4.74 Å². The molecule has 0 amide bonds. The average molecular weight is 345 g/mol. The van der Waals surface area contributed by atoms with Crippen molar-refractivity contribution >= 4 is 28.2 Å². The van der Waals surface area contributed by atoms with Crippen LogP contribution in [0.1, 0.15) is 13.3 Å². The van der Waals surface area contributed by atoms with Crippen molar-refractivity contribution in [1.29, 1.82) is 0 Å². The van der Waals surface area contributed by atoms with Gasteiger partial charge in [0.05, 0.1) is 23.5 Å². The molecule has 1 aromatic carbocycles. The Hall–Kier alpha value is -2.90. The Labute approximate surface area is 144 Å². The van der Waals surface area contributed by atoms with Gasteiger partial charge in [0.15, 0.2) is 0 Å². The first-order valence-electron chi connectivity index (χ1n) is 7.99. The molecule has 0 bridgehead atoms. The predicted molar refractivity (Wildman–Crippen MR) is 92.1 cm³/mol. The second-order valence-electron chi connectivity index (χ2n) is 6.41. The fourth-order valence-corrected chi connectivity index (χ4v) is 3.45. The zero-order chi connectivity index (χ0) is 18.1. The molecule has 0 spiro atoms. The van der Waals surface area contributed by atoms with Crippen LogP contribution in [-0.4, -0.2) is 41.2 Å². The van der Waals surface area contributed by atoms with E-state index < -0.39 is 16.8 Å². The number of piperidine rings is 1. The van der Waals surface area contributed by atoms with Crippen LogP contribution >= 0.6 is 0 Å². The first-order valence-corrected chi connectivity index (χ1v) is 7.99.